The lowest BCUT2D eigenvalue weighted by atomic mass is 9.94. The van der Waals surface area contributed by atoms with Gasteiger partial charge in [0.1, 0.15) is 0 Å². The maximum Gasteiger partial charge on any atom is 0.0633 e. The summed E-state index contributed by atoms with van der Waals surface area (Å²) < 4.78 is 0. The van der Waals surface area contributed by atoms with Crippen molar-refractivity contribution in [1.29, 1.82) is 0 Å². The highest BCUT2D eigenvalue weighted by Gasteiger charge is 2.22. The SMILES string of the molecule is C=C\C(=C/C=C(CC)/C(S)=C/C=C/C=C/CCCCC)CCCC(N)(CO)CO. The molecule has 0 aliphatic heterocycles. The first kappa shape index (κ1) is 27.7. The summed E-state index contributed by atoms with van der Waals surface area (Å²) in [5.41, 5.74) is 7.27. The van der Waals surface area contributed by atoms with Gasteiger partial charge in [-0.3, -0.25) is 0 Å². The molecule has 0 bridgehead atoms. The van der Waals surface area contributed by atoms with Crippen molar-refractivity contribution in [1.82, 2.24) is 0 Å². The number of rotatable bonds is 16. The van der Waals surface area contributed by atoms with Crippen molar-refractivity contribution < 1.29 is 10.2 Å². The molecule has 0 unspecified atom stereocenters. The van der Waals surface area contributed by atoms with Crippen LogP contribution in [0.3, 0.4) is 0 Å². The Kier molecular flexibility index (Phi) is 16.7. The third-order valence-electron chi connectivity index (χ3n) is 4.83. The Bertz CT molecular complexity index is 596. The number of nitrogens with two attached hydrogens (primary N) is 1. The average Bonchev–Trinajstić information content (AvgIpc) is 2.74. The van der Waals surface area contributed by atoms with Crippen LogP contribution in [0.2, 0.25) is 0 Å². The minimum absolute atomic E-state index is 0.216. The quantitative estimate of drug-likeness (QED) is 0.145. The number of hydrogen-bond donors (Lipinski definition) is 4. The molecule has 0 fully saturated rings. The third kappa shape index (κ3) is 13.5. The van der Waals surface area contributed by atoms with E-state index in [1.165, 1.54) is 19.3 Å². The van der Waals surface area contributed by atoms with Crippen molar-refractivity contribution in [2.45, 2.75) is 70.8 Å². The van der Waals surface area contributed by atoms with E-state index in [0.717, 1.165) is 41.7 Å². The smallest absolute Gasteiger partial charge is 0.0633 e. The summed E-state index contributed by atoms with van der Waals surface area (Å²) in [5.74, 6) is 0. The van der Waals surface area contributed by atoms with E-state index in [1.807, 2.05) is 24.3 Å². The van der Waals surface area contributed by atoms with Crippen LogP contribution in [-0.2, 0) is 0 Å². The van der Waals surface area contributed by atoms with Crippen molar-refractivity contribution in [2.75, 3.05) is 13.2 Å². The highest BCUT2D eigenvalue weighted by atomic mass is 32.1. The molecule has 0 saturated heterocycles. The molecule has 0 aliphatic rings. The second-order valence-electron chi connectivity index (χ2n) is 7.38. The molecule has 164 valence electrons. The Hall–Kier alpha value is -1.33. The van der Waals surface area contributed by atoms with Crippen LogP contribution in [-0.4, -0.2) is 29.0 Å². The van der Waals surface area contributed by atoms with Crippen LogP contribution in [0.25, 0.3) is 0 Å². The van der Waals surface area contributed by atoms with E-state index in [2.05, 4.69) is 57.4 Å². The lowest BCUT2D eigenvalue weighted by molar-refractivity contribution is 0.113. The fourth-order valence-corrected chi connectivity index (χ4v) is 3.02. The highest BCUT2D eigenvalue weighted by Crippen LogP contribution is 2.20. The standard InChI is InChI=1S/C25H41NO2S/c1-4-7-8-9-10-11-12-13-16-24(29)23(6-3)18-17-22(5-2)15-14-19-25(26,20-27)21-28/h5,10-13,16-18,27-29H,2,4,6-9,14-15,19-21,26H2,1,3H3/b11-10+,13-12+,22-17+,23-18+,24-16-. The zero-order valence-electron chi connectivity index (χ0n) is 18.3. The van der Waals surface area contributed by atoms with Crippen molar-refractivity contribution in [3.8, 4) is 0 Å². The van der Waals surface area contributed by atoms with Crippen LogP contribution < -0.4 is 5.73 Å². The minimum Gasteiger partial charge on any atom is -0.394 e. The summed E-state index contributed by atoms with van der Waals surface area (Å²) in [6.45, 7) is 7.78. The van der Waals surface area contributed by atoms with Crippen molar-refractivity contribution >= 4 is 12.6 Å². The summed E-state index contributed by atoms with van der Waals surface area (Å²) in [6, 6.07) is 0. The number of thiol groups is 1. The number of aliphatic hydroxyl groups excluding tert-OH is 2. The van der Waals surface area contributed by atoms with Gasteiger partial charge in [-0.1, -0.05) is 75.8 Å². The molecule has 29 heavy (non-hydrogen) atoms. The van der Waals surface area contributed by atoms with Gasteiger partial charge >= 0.3 is 0 Å². The topological polar surface area (TPSA) is 66.5 Å². The van der Waals surface area contributed by atoms with Crippen LogP contribution in [0.1, 0.15) is 65.2 Å². The maximum absolute atomic E-state index is 9.28. The van der Waals surface area contributed by atoms with Gasteiger partial charge in [0.25, 0.3) is 0 Å². The Balaban J connectivity index is 4.79. The molecule has 0 spiro atoms. The van der Waals surface area contributed by atoms with Crippen LogP contribution in [0.15, 0.2) is 71.2 Å². The number of unbranched alkanes of at least 4 members (excludes halogenated alkanes) is 3. The van der Waals surface area contributed by atoms with E-state index in [4.69, 9.17) is 5.73 Å². The fraction of sp³-hybridized carbons (Fsp3) is 0.520. The Morgan fingerprint density at radius 1 is 1.00 bits per heavy atom. The van der Waals surface area contributed by atoms with Gasteiger partial charge in [0.2, 0.25) is 0 Å². The van der Waals surface area contributed by atoms with Crippen LogP contribution in [0, 0.1) is 0 Å². The first-order valence-electron chi connectivity index (χ1n) is 10.7. The van der Waals surface area contributed by atoms with Gasteiger partial charge in [-0.05, 0) is 55.7 Å². The van der Waals surface area contributed by atoms with E-state index in [9.17, 15) is 10.2 Å². The maximum atomic E-state index is 9.28. The summed E-state index contributed by atoms with van der Waals surface area (Å²) in [7, 11) is 0. The third-order valence-corrected chi connectivity index (χ3v) is 5.26. The van der Waals surface area contributed by atoms with Crippen molar-refractivity contribution in [3.05, 3.63) is 71.2 Å². The summed E-state index contributed by atoms with van der Waals surface area (Å²) >= 11 is 4.63. The second-order valence-corrected chi connectivity index (χ2v) is 7.87. The van der Waals surface area contributed by atoms with E-state index in [1.54, 1.807) is 0 Å². The predicted octanol–water partition coefficient (Wildman–Crippen LogP) is 5.79. The van der Waals surface area contributed by atoms with E-state index in [-0.39, 0.29) is 13.2 Å². The molecule has 0 rings (SSSR count). The minimum atomic E-state index is -0.908. The molecule has 0 atom stereocenters. The first-order chi connectivity index (χ1) is 14.0. The molecule has 0 aromatic rings. The number of aliphatic hydroxyl groups is 2. The highest BCUT2D eigenvalue weighted by molar-refractivity contribution is 7.84. The zero-order chi connectivity index (χ0) is 22.0. The largest absolute Gasteiger partial charge is 0.394 e. The van der Waals surface area contributed by atoms with Gasteiger partial charge in [-0.2, -0.15) is 0 Å². The van der Waals surface area contributed by atoms with Crippen LogP contribution in [0.4, 0.5) is 0 Å². The monoisotopic (exact) mass is 419 g/mol. The number of hydrogen-bond acceptors (Lipinski definition) is 4. The first-order valence-corrected chi connectivity index (χ1v) is 11.2. The normalized spacial score (nSPS) is 14.3. The van der Waals surface area contributed by atoms with E-state index in [0.29, 0.717) is 6.42 Å². The van der Waals surface area contributed by atoms with Gasteiger partial charge < -0.3 is 15.9 Å². The van der Waals surface area contributed by atoms with Gasteiger partial charge in [0, 0.05) is 4.91 Å². The molecule has 4 heteroatoms. The molecule has 0 heterocycles. The molecule has 3 nitrogen and oxygen atoms in total. The van der Waals surface area contributed by atoms with Crippen LogP contribution >= 0.6 is 12.6 Å². The Labute approximate surface area is 183 Å². The average molecular weight is 420 g/mol. The number of allylic oxidation sites excluding steroid dienone is 10. The molecular formula is C25H41NO2S. The Morgan fingerprint density at radius 3 is 2.31 bits per heavy atom. The van der Waals surface area contributed by atoms with Crippen molar-refractivity contribution in [3.63, 3.8) is 0 Å². The second kappa shape index (κ2) is 17.5. The fourth-order valence-electron chi connectivity index (χ4n) is 2.70. The lowest BCUT2D eigenvalue weighted by Crippen LogP contribution is -2.47. The zero-order valence-corrected chi connectivity index (χ0v) is 19.2. The lowest BCUT2D eigenvalue weighted by Gasteiger charge is -2.24. The molecule has 0 radical (unpaired) electrons. The van der Waals surface area contributed by atoms with Gasteiger partial charge in [0.05, 0.1) is 18.8 Å². The van der Waals surface area contributed by atoms with Crippen LogP contribution in [0.5, 0.6) is 0 Å². The molecular weight excluding hydrogens is 378 g/mol. The van der Waals surface area contributed by atoms with Gasteiger partial charge in [-0.15, -0.1) is 12.6 Å². The molecule has 0 saturated carbocycles. The summed E-state index contributed by atoms with van der Waals surface area (Å²) in [4.78, 5) is 0.948. The van der Waals surface area contributed by atoms with Crippen molar-refractivity contribution in [2.24, 2.45) is 5.73 Å². The Morgan fingerprint density at radius 2 is 1.72 bits per heavy atom. The van der Waals surface area contributed by atoms with E-state index >= 15 is 0 Å². The molecule has 4 N–H and O–H groups in total. The summed E-state index contributed by atoms with van der Waals surface area (Å²) in [6.07, 6.45) is 24.3. The van der Waals surface area contributed by atoms with Gasteiger partial charge in [-0.25, -0.2) is 0 Å². The molecule has 0 amide bonds. The molecule has 0 aromatic heterocycles. The predicted molar refractivity (Wildman–Crippen MR) is 131 cm³/mol. The van der Waals surface area contributed by atoms with Gasteiger partial charge in [0.15, 0.2) is 0 Å². The van der Waals surface area contributed by atoms with E-state index < -0.39 is 5.54 Å². The molecule has 0 aliphatic carbocycles. The molecule has 0 aromatic carbocycles. The summed E-state index contributed by atoms with van der Waals surface area (Å²) in [5, 5.41) is 18.6.